The fraction of sp³-hybridized carbons (Fsp3) is 0.333. The smallest absolute Gasteiger partial charge is 0.278 e. The van der Waals surface area contributed by atoms with Crippen molar-refractivity contribution < 1.29 is 9.59 Å². The number of hydrogen-bond donors (Lipinski definition) is 0. The molecule has 2 amide bonds. The van der Waals surface area contributed by atoms with Crippen LogP contribution in [0, 0.1) is 6.92 Å². The van der Waals surface area contributed by atoms with Crippen molar-refractivity contribution in [3.05, 3.63) is 71.4 Å². The predicted octanol–water partition coefficient (Wildman–Crippen LogP) is 3.31. The number of nitrogens with zero attached hydrogens (tertiary/aromatic N) is 3. The number of benzene rings is 2. The third-order valence-electron chi connectivity index (χ3n) is 5.66. The largest absolute Gasteiger partial charge is 0.368 e. The number of rotatable bonds is 4. The summed E-state index contributed by atoms with van der Waals surface area (Å²) in [7, 11) is 0. The average molecular weight is 389 g/mol. The first-order valence-corrected chi connectivity index (χ1v) is 10.2. The highest BCUT2D eigenvalue weighted by atomic mass is 16.2. The molecule has 0 unspecified atom stereocenters. The van der Waals surface area contributed by atoms with E-state index in [0.717, 1.165) is 24.2 Å². The van der Waals surface area contributed by atoms with Crippen molar-refractivity contribution in [3.8, 4) is 0 Å². The SMILES string of the molecule is Cc1ccc(C2=C(N3CCN(c4ccccc4)CC3)C(=O)N(C(C)C)C2=O)cc1. The second-order valence-corrected chi connectivity index (χ2v) is 7.97. The van der Waals surface area contributed by atoms with Gasteiger partial charge < -0.3 is 9.80 Å². The number of hydrogen-bond acceptors (Lipinski definition) is 4. The lowest BCUT2D eigenvalue weighted by Crippen LogP contribution is -2.48. The lowest BCUT2D eigenvalue weighted by Gasteiger charge is -2.37. The first kappa shape index (κ1) is 19.2. The van der Waals surface area contributed by atoms with Crippen molar-refractivity contribution in [1.29, 1.82) is 0 Å². The number of anilines is 1. The van der Waals surface area contributed by atoms with E-state index in [1.807, 2.05) is 63.2 Å². The monoisotopic (exact) mass is 389 g/mol. The van der Waals surface area contributed by atoms with Gasteiger partial charge in [-0.05, 0) is 38.5 Å². The maximum Gasteiger partial charge on any atom is 0.278 e. The lowest BCUT2D eigenvalue weighted by atomic mass is 10.0. The lowest BCUT2D eigenvalue weighted by molar-refractivity contribution is -0.139. The quantitative estimate of drug-likeness (QED) is 0.753. The van der Waals surface area contributed by atoms with Gasteiger partial charge in [0.05, 0.1) is 5.57 Å². The number of imide groups is 1. The molecule has 1 saturated heterocycles. The summed E-state index contributed by atoms with van der Waals surface area (Å²) in [6, 6.07) is 18.0. The van der Waals surface area contributed by atoms with E-state index >= 15 is 0 Å². The molecular weight excluding hydrogens is 362 g/mol. The Morgan fingerprint density at radius 1 is 0.759 bits per heavy atom. The van der Waals surface area contributed by atoms with E-state index in [1.165, 1.54) is 10.6 Å². The summed E-state index contributed by atoms with van der Waals surface area (Å²) in [6.07, 6.45) is 0. The van der Waals surface area contributed by atoms with Gasteiger partial charge >= 0.3 is 0 Å². The molecule has 29 heavy (non-hydrogen) atoms. The van der Waals surface area contributed by atoms with Gasteiger partial charge in [0.1, 0.15) is 5.70 Å². The highest BCUT2D eigenvalue weighted by Gasteiger charge is 2.43. The third kappa shape index (κ3) is 3.53. The number of aryl methyl sites for hydroxylation is 1. The number of carbonyl (C=O) groups is 2. The molecule has 0 aromatic heterocycles. The van der Waals surface area contributed by atoms with Crippen LogP contribution in [-0.4, -0.2) is 53.8 Å². The van der Waals surface area contributed by atoms with E-state index in [0.29, 0.717) is 24.4 Å². The molecular formula is C24H27N3O2. The molecule has 5 nitrogen and oxygen atoms in total. The van der Waals surface area contributed by atoms with Gasteiger partial charge in [-0.1, -0.05) is 48.0 Å². The van der Waals surface area contributed by atoms with E-state index in [4.69, 9.17) is 0 Å². The van der Waals surface area contributed by atoms with Gasteiger partial charge in [0.25, 0.3) is 11.8 Å². The van der Waals surface area contributed by atoms with Crippen LogP contribution < -0.4 is 4.90 Å². The minimum absolute atomic E-state index is 0.168. The minimum Gasteiger partial charge on any atom is -0.368 e. The highest BCUT2D eigenvalue weighted by molar-refractivity contribution is 6.35. The van der Waals surface area contributed by atoms with E-state index in [1.54, 1.807) is 0 Å². The summed E-state index contributed by atoms with van der Waals surface area (Å²) >= 11 is 0. The first-order valence-electron chi connectivity index (χ1n) is 10.2. The molecule has 0 aliphatic carbocycles. The first-order chi connectivity index (χ1) is 14.0. The predicted molar refractivity (Wildman–Crippen MR) is 115 cm³/mol. The van der Waals surface area contributed by atoms with Crippen LogP contribution >= 0.6 is 0 Å². The van der Waals surface area contributed by atoms with Crippen LogP contribution in [0.5, 0.6) is 0 Å². The van der Waals surface area contributed by atoms with Crippen LogP contribution in [0.25, 0.3) is 5.57 Å². The van der Waals surface area contributed by atoms with Crippen molar-refractivity contribution in [1.82, 2.24) is 9.80 Å². The van der Waals surface area contributed by atoms with Gasteiger partial charge in [-0.15, -0.1) is 0 Å². The van der Waals surface area contributed by atoms with Crippen LogP contribution in [0.4, 0.5) is 5.69 Å². The Kier molecular flexibility index (Phi) is 5.14. The van der Waals surface area contributed by atoms with Crippen LogP contribution in [-0.2, 0) is 9.59 Å². The van der Waals surface area contributed by atoms with Gasteiger partial charge in [-0.25, -0.2) is 0 Å². The molecule has 0 spiro atoms. The van der Waals surface area contributed by atoms with E-state index < -0.39 is 0 Å². The standard InChI is InChI=1S/C24H27N3O2/c1-17(2)27-23(28)21(19-11-9-18(3)10-12-19)22(24(27)29)26-15-13-25(14-16-26)20-7-5-4-6-8-20/h4-12,17H,13-16H2,1-3H3. The Bertz CT molecular complexity index is 940. The normalized spacial score (nSPS) is 17.7. The van der Waals surface area contributed by atoms with Crippen molar-refractivity contribution in [2.75, 3.05) is 31.1 Å². The summed E-state index contributed by atoms with van der Waals surface area (Å²) in [5, 5.41) is 0. The van der Waals surface area contributed by atoms with Crippen LogP contribution in [0.3, 0.4) is 0 Å². The summed E-state index contributed by atoms with van der Waals surface area (Å²) < 4.78 is 0. The molecule has 2 aliphatic rings. The average Bonchev–Trinajstić information content (AvgIpc) is 2.99. The minimum atomic E-state index is -0.186. The topological polar surface area (TPSA) is 43.9 Å². The molecule has 2 aromatic rings. The molecule has 0 N–H and O–H groups in total. The fourth-order valence-corrected chi connectivity index (χ4v) is 4.10. The molecule has 2 heterocycles. The number of amides is 2. The molecule has 0 bridgehead atoms. The van der Waals surface area contributed by atoms with Gasteiger partial charge in [-0.3, -0.25) is 14.5 Å². The van der Waals surface area contributed by atoms with E-state index in [2.05, 4.69) is 21.9 Å². The molecule has 2 aromatic carbocycles. The van der Waals surface area contributed by atoms with Gasteiger partial charge in [0.2, 0.25) is 0 Å². The van der Waals surface area contributed by atoms with Crippen LogP contribution in [0.15, 0.2) is 60.3 Å². The van der Waals surface area contributed by atoms with Gasteiger partial charge in [-0.2, -0.15) is 0 Å². The fourth-order valence-electron chi connectivity index (χ4n) is 4.10. The van der Waals surface area contributed by atoms with E-state index in [-0.39, 0.29) is 17.9 Å². The van der Waals surface area contributed by atoms with Gasteiger partial charge in [0.15, 0.2) is 0 Å². The van der Waals surface area contributed by atoms with E-state index in [9.17, 15) is 9.59 Å². The second-order valence-electron chi connectivity index (χ2n) is 7.97. The zero-order valence-corrected chi connectivity index (χ0v) is 17.3. The number of piperazine rings is 1. The van der Waals surface area contributed by atoms with Crippen molar-refractivity contribution in [2.24, 2.45) is 0 Å². The van der Waals surface area contributed by atoms with Crippen molar-refractivity contribution >= 4 is 23.1 Å². The maximum absolute atomic E-state index is 13.3. The number of carbonyl (C=O) groups excluding carboxylic acids is 2. The summed E-state index contributed by atoms with van der Waals surface area (Å²) in [4.78, 5) is 32.3. The highest BCUT2D eigenvalue weighted by Crippen LogP contribution is 2.33. The Labute approximate surface area is 172 Å². The number of para-hydroxylation sites is 1. The second kappa shape index (κ2) is 7.74. The Morgan fingerprint density at radius 3 is 1.93 bits per heavy atom. The molecule has 4 rings (SSSR count). The summed E-state index contributed by atoms with van der Waals surface area (Å²) in [6.45, 7) is 8.85. The molecule has 0 atom stereocenters. The summed E-state index contributed by atoms with van der Waals surface area (Å²) in [5.74, 6) is -0.358. The van der Waals surface area contributed by atoms with Crippen LogP contribution in [0.1, 0.15) is 25.0 Å². The molecule has 0 radical (unpaired) electrons. The van der Waals surface area contributed by atoms with Crippen molar-refractivity contribution in [2.45, 2.75) is 26.8 Å². The van der Waals surface area contributed by atoms with Crippen molar-refractivity contribution in [3.63, 3.8) is 0 Å². The molecule has 5 heteroatoms. The molecule has 150 valence electrons. The Morgan fingerprint density at radius 2 is 1.34 bits per heavy atom. The van der Waals surface area contributed by atoms with Crippen LogP contribution in [0.2, 0.25) is 0 Å². The summed E-state index contributed by atoms with van der Waals surface area (Å²) in [5.41, 5.74) is 4.23. The Balaban J connectivity index is 1.66. The molecule has 1 fully saturated rings. The zero-order chi connectivity index (χ0) is 20.5. The molecule has 2 aliphatic heterocycles. The Hall–Kier alpha value is -3.08. The van der Waals surface area contributed by atoms with Gasteiger partial charge in [0, 0.05) is 37.9 Å². The zero-order valence-electron chi connectivity index (χ0n) is 17.3. The molecule has 0 saturated carbocycles. The maximum atomic E-state index is 13.3. The third-order valence-corrected chi connectivity index (χ3v) is 5.66.